The Balaban J connectivity index is 2.35. The zero-order valence-electron chi connectivity index (χ0n) is 12.0. The molecule has 0 aromatic heterocycles. The number of hydrogen-bond acceptors (Lipinski definition) is 2. The zero-order valence-corrected chi connectivity index (χ0v) is 12.0. The summed E-state index contributed by atoms with van der Waals surface area (Å²) >= 11 is 0. The Morgan fingerprint density at radius 3 is 2.56 bits per heavy atom. The normalized spacial score (nSPS) is 25.2. The highest BCUT2D eigenvalue weighted by Gasteiger charge is 2.31. The van der Waals surface area contributed by atoms with E-state index in [4.69, 9.17) is 10.5 Å². The van der Waals surface area contributed by atoms with Crippen molar-refractivity contribution in [2.75, 3.05) is 7.11 Å². The van der Waals surface area contributed by atoms with Gasteiger partial charge < -0.3 is 10.5 Å². The van der Waals surface area contributed by atoms with Crippen molar-refractivity contribution in [1.29, 1.82) is 0 Å². The highest BCUT2D eigenvalue weighted by Crippen LogP contribution is 2.42. The van der Waals surface area contributed by atoms with E-state index in [2.05, 4.69) is 32.9 Å². The molecule has 2 N–H and O–H groups in total. The summed E-state index contributed by atoms with van der Waals surface area (Å²) in [6.07, 6.45) is 3.87. The molecule has 1 fully saturated rings. The molecule has 1 saturated carbocycles. The van der Waals surface area contributed by atoms with Gasteiger partial charge in [0.25, 0.3) is 0 Å². The lowest BCUT2D eigenvalue weighted by Crippen LogP contribution is -2.24. The van der Waals surface area contributed by atoms with Crippen LogP contribution in [0.1, 0.15) is 48.9 Å². The smallest absolute Gasteiger partial charge is 0.126 e. The van der Waals surface area contributed by atoms with Crippen molar-refractivity contribution in [2.24, 2.45) is 17.6 Å². The van der Waals surface area contributed by atoms with Crippen LogP contribution in [-0.4, -0.2) is 7.11 Å². The zero-order chi connectivity index (χ0) is 13.3. The summed E-state index contributed by atoms with van der Waals surface area (Å²) in [5.41, 5.74) is 10.2. The molecule has 2 heteroatoms. The topological polar surface area (TPSA) is 35.2 Å². The van der Waals surface area contributed by atoms with E-state index in [0.717, 1.165) is 11.7 Å². The van der Waals surface area contributed by atoms with Crippen molar-refractivity contribution in [3.05, 3.63) is 28.8 Å². The molecule has 0 spiro atoms. The number of benzene rings is 1. The lowest BCUT2D eigenvalue weighted by Gasteiger charge is -2.26. The molecule has 0 bridgehead atoms. The summed E-state index contributed by atoms with van der Waals surface area (Å²) in [5, 5.41) is 0. The minimum absolute atomic E-state index is 0.108. The molecular weight excluding hydrogens is 222 g/mol. The first-order chi connectivity index (χ1) is 8.56. The van der Waals surface area contributed by atoms with Gasteiger partial charge in [0, 0.05) is 11.6 Å². The number of aryl methyl sites for hydroxylation is 1. The number of nitrogens with two attached hydrogens (primary N) is 1. The predicted octanol–water partition coefficient (Wildman–Crippen LogP) is 3.75. The Hall–Kier alpha value is -1.02. The molecule has 0 saturated heterocycles. The predicted molar refractivity (Wildman–Crippen MR) is 75.9 cm³/mol. The number of methoxy groups -OCH3 is 1. The molecule has 1 aliphatic carbocycles. The van der Waals surface area contributed by atoms with E-state index in [0.29, 0.717) is 5.92 Å². The summed E-state index contributed by atoms with van der Waals surface area (Å²) in [7, 11) is 1.75. The second kappa shape index (κ2) is 5.31. The van der Waals surface area contributed by atoms with E-state index in [-0.39, 0.29) is 6.04 Å². The second-order valence-electron chi connectivity index (χ2n) is 5.73. The third kappa shape index (κ3) is 2.26. The van der Waals surface area contributed by atoms with Crippen LogP contribution in [0.5, 0.6) is 5.75 Å². The average Bonchev–Trinajstić information content (AvgIpc) is 2.78. The van der Waals surface area contributed by atoms with Gasteiger partial charge in [-0.1, -0.05) is 31.9 Å². The molecule has 1 aliphatic rings. The highest BCUT2D eigenvalue weighted by molar-refractivity contribution is 5.47. The van der Waals surface area contributed by atoms with Crippen LogP contribution in [0.4, 0.5) is 0 Å². The first-order valence-corrected chi connectivity index (χ1v) is 6.96. The van der Waals surface area contributed by atoms with Crippen molar-refractivity contribution < 1.29 is 4.74 Å². The van der Waals surface area contributed by atoms with E-state index in [1.807, 2.05) is 0 Å². The van der Waals surface area contributed by atoms with E-state index in [1.165, 1.54) is 36.0 Å². The van der Waals surface area contributed by atoms with E-state index < -0.39 is 0 Å². The molecule has 3 unspecified atom stereocenters. The first kappa shape index (κ1) is 13.4. The van der Waals surface area contributed by atoms with E-state index in [1.54, 1.807) is 7.11 Å². The third-order valence-corrected chi connectivity index (χ3v) is 4.66. The quantitative estimate of drug-likeness (QED) is 0.883. The fourth-order valence-electron chi connectivity index (χ4n) is 3.28. The molecule has 0 radical (unpaired) electrons. The second-order valence-corrected chi connectivity index (χ2v) is 5.73. The monoisotopic (exact) mass is 247 g/mol. The lowest BCUT2D eigenvalue weighted by atomic mass is 9.85. The average molecular weight is 247 g/mol. The minimum Gasteiger partial charge on any atom is -0.496 e. The standard InChI is InChI=1S/C16H25NO/c1-10-8-9-14(16(18-4)12(10)3)15(17)13-7-5-6-11(13)2/h8-9,11,13,15H,5-7,17H2,1-4H3. The van der Waals surface area contributed by atoms with E-state index in [9.17, 15) is 0 Å². The summed E-state index contributed by atoms with van der Waals surface area (Å²) < 4.78 is 5.59. The molecule has 0 amide bonds. The fourth-order valence-corrected chi connectivity index (χ4v) is 3.28. The Morgan fingerprint density at radius 1 is 1.28 bits per heavy atom. The van der Waals surface area contributed by atoms with Gasteiger partial charge in [-0.05, 0) is 43.2 Å². The van der Waals surface area contributed by atoms with Crippen LogP contribution in [-0.2, 0) is 0 Å². The Morgan fingerprint density at radius 2 is 2.00 bits per heavy atom. The van der Waals surface area contributed by atoms with Crippen LogP contribution < -0.4 is 10.5 Å². The van der Waals surface area contributed by atoms with Gasteiger partial charge in [-0.15, -0.1) is 0 Å². The Bertz CT molecular complexity index is 427. The summed E-state index contributed by atoms with van der Waals surface area (Å²) in [4.78, 5) is 0. The largest absolute Gasteiger partial charge is 0.496 e. The molecule has 3 atom stereocenters. The van der Waals surface area contributed by atoms with Crippen molar-refractivity contribution >= 4 is 0 Å². The molecule has 1 aromatic carbocycles. The maximum absolute atomic E-state index is 6.51. The minimum atomic E-state index is 0.108. The molecule has 2 nitrogen and oxygen atoms in total. The third-order valence-electron chi connectivity index (χ3n) is 4.66. The van der Waals surface area contributed by atoms with Crippen LogP contribution in [0.2, 0.25) is 0 Å². The number of hydrogen-bond donors (Lipinski definition) is 1. The Kier molecular flexibility index (Phi) is 3.96. The SMILES string of the molecule is COc1c(C(N)C2CCCC2C)ccc(C)c1C. The molecule has 2 rings (SSSR count). The molecular formula is C16H25NO. The fraction of sp³-hybridized carbons (Fsp3) is 0.625. The van der Waals surface area contributed by atoms with Crippen LogP contribution in [0.25, 0.3) is 0 Å². The van der Waals surface area contributed by atoms with Crippen LogP contribution in [0.3, 0.4) is 0 Å². The van der Waals surface area contributed by atoms with E-state index >= 15 is 0 Å². The summed E-state index contributed by atoms with van der Waals surface area (Å²) in [5.74, 6) is 2.31. The Labute approximate surface area is 111 Å². The van der Waals surface area contributed by atoms with Gasteiger partial charge in [-0.3, -0.25) is 0 Å². The number of ether oxygens (including phenoxy) is 1. The maximum atomic E-state index is 6.51. The molecule has 1 aromatic rings. The van der Waals surface area contributed by atoms with Gasteiger partial charge in [0.15, 0.2) is 0 Å². The van der Waals surface area contributed by atoms with Gasteiger partial charge in [0.05, 0.1) is 7.11 Å². The van der Waals surface area contributed by atoms with Gasteiger partial charge >= 0.3 is 0 Å². The summed E-state index contributed by atoms with van der Waals surface area (Å²) in [6.45, 7) is 6.55. The van der Waals surface area contributed by atoms with Gasteiger partial charge in [0.2, 0.25) is 0 Å². The lowest BCUT2D eigenvalue weighted by molar-refractivity contribution is 0.335. The maximum Gasteiger partial charge on any atom is 0.126 e. The van der Waals surface area contributed by atoms with Crippen molar-refractivity contribution in [3.63, 3.8) is 0 Å². The molecule has 100 valence electrons. The van der Waals surface area contributed by atoms with Crippen molar-refractivity contribution in [2.45, 2.75) is 46.1 Å². The molecule has 0 aliphatic heterocycles. The van der Waals surface area contributed by atoms with Crippen LogP contribution >= 0.6 is 0 Å². The van der Waals surface area contributed by atoms with Crippen LogP contribution in [0.15, 0.2) is 12.1 Å². The number of rotatable bonds is 3. The van der Waals surface area contributed by atoms with Gasteiger partial charge in [-0.2, -0.15) is 0 Å². The molecule has 0 heterocycles. The van der Waals surface area contributed by atoms with Gasteiger partial charge in [0.1, 0.15) is 5.75 Å². The van der Waals surface area contributed by atoms with Gasteiger partial charge in [-0.25, -0.2) is 0 Å². The van der Waals surface area contributed by atoms with Crippen LogP contribution in [0, 0.1) is 25.7 Å². The highest BCUT2D eigenvalue weighted by atomic mass is 16.5. The molecule has 18 heavy (non-hydrogen) atoms. The van der Waals surface area contributed by atoms with Crippen molar-refractivity contribution in [3.8, 4) is 5.75 Å². The first-order valence-electron chi connectivity index (χ1n) is 6.96. The summed E-state index contributed by atoms with van der Waals surface area (Å²) in [6, 6.07) is 4.42. The van der Waals surface area contributed by atoms with Crippen molar-refractivity contribution in [1.82, 2.24) is 0 Å².